The zero-order valence-electron chi connectivity index (χ0n) is 11.1. The van der Waals surface area contributed by atoms with Gasteiger partial charge in [-0.25, -0.2) is 0 Å². The molecule has 0 bridgehead atoms. The molecule has 1 saturated heterocycles. The van der Waals surface area contributed by atoms with Crippen molar-refractivity contribution in [3.8, 4) is 5.75 Å². The summed E-state index contributed by atoms with van der Waals surface area (Å²) >= 11 is 0. The van der Waals surface area contributed by atoms with Crippen LogP contribution in [0.3, 0.4) is 0 Å². The first-order chi connectivity index (χ1) is 9.63. The van der Waals surface area contributed by atoms with Crippen molar-refractivity contribution in [2.45, 2.75) is 31.9 Å². The van der Waals surface area contributed by atoms with E-state index in [9.17, 15) is 13.6 Å². The summed E-state index contributed by atoms with van der Waals surface area (Å²) in [6, 6.07) is 6.59. The van der Waals surface area contributed by atoms with Gasteiger partial charge >= 0.3 is 6.61 Å². The van der Waals surface area contributed by atoms with Crippen molar-refractivity contribution in [3.63, 3.8) is 0 Å². The van der Waals surface area contributed by atoms with Crippen LogP contribution < -0.4 is 15.4 Å². The monoisotopic (exact) mass is 284 g/mol. The van der Waals surface area contributed by atoms with Crippen LogP contribution in [0.25, 0.3) is 0 Å². The third kappa shape index (κ3) is 4.77. The van der Waals surface area contributed by atoms with Gasteiger partial charge in [-0.1, -0.05) is 12.1 Å². The van der Waals surface area contributed by atoms with Crippen LogP contribution >= 0.6 is 0 Å². The van der Waals surface area contributed by atoms with E-state index < -0.39 is 6.61 Å². The quantitative estimate of drug-likeness (QED) is 0.836. The van der Waals surface area contributed by atoms with Gasteiger partial charge in [0.1, 0.15) is 5.75 Å². The molecule has 0 saturated carbocycles. The van der Waals surface area contributed by atoms with Gasteiger partial charge in [0.05, 0.1) is 0 Å². The molecule has 1 aliphatic heterocycles. The number of alkyl halides is 2. The van der Waals surface area contributed by atoms with Crippen molar-refractivity contribution < 1.29 is 18.3 Å². The maximum absolute atomic E-state index is 12.0. The highest BCUT2D eigenvalue weighted by Crippen LogP contribution is 2.15. The Bertz CT molecular complexity index is 431. The van der Waals surface area contributed by atoms with E-state index in [1.54, 1.807) is 12.1 Å². The molecule has 20 heavy (non-hydrogen) atoms. The van der Waals surface area contributed by atoms with Gasteiger partial charge in [0.2, 0.25) is 5.91 Å². The van der Waals surface area contributed by atoms with Gasteiger partial charge in [-0.15, -0.1) is 0 Å². The van der Waals surface area contributed by atoms with Gasteiger partial charge in [0.25, 0.3) is 0 Å². The molecule has 0 aliphatic carbocycles. The Morgan fingerprint density at radius 1 is 1.40 bits per heavy atom. The Morgan fingerprint density at radius 3 is 2.75 bits per heavy atom. The Hall–Kier alpha value is -1.69. The minimum absolute atomic E-state index is 0.0200. The van der Waals surface area contributed by atoms with Crippen LogP contribution in [0.15, 0.2) is 24.3 Å². The Kier molecular flexibility index (Phi) is 5.29. The molecule has 2 N–H and O–H groups in total. The van der Waals surface area contributed by atoms with Crippen molar-refractivity contribution in [2.24, 2.45) is 0 Å². The number of rotatable bonds is 6. The lowest BCUT2D eigenvalue weighted by molar-refractivity contribution is -0.121. The summed E-state index contributed by atoms with van der Waals surface area (Å²) in [4.78, 5) is 11.7. The van der Waals surface area contributed by atoms with Gasteiger partial charge in [-0.3, -0.25) is 4.79 Å². The van der Waals surface area contributed by atoms with Crippen molar-refractivity contribution in [2.75, 3.05) is 13.1 Å². The van der Waals surface area contributed by atoms with E-state index in [1.165, 1.54) is 12.1 Å². The lowest BCUT2D eigenvalue weighted by Crippen LogP contribution is -2.36. The number of hydrogen-bond acceptors (Lipinski definition) is 3. The van der Waals surface area contributed by atoms with E-state index in [0.717, 1.165) is 25.1 Å². The van der Waals surface area contributed by atoms with Gasteiger partial charge in [-0.2, -0.15) is 8.78 Å². The summed E-state index contributed by atoms with van der Waals surface area (Å²) in [5, 5.41) is 6.14. The molecule has 0 aromatic heterocycles. The normalized spacial score (nSPS) is 18.2. The summed E-state index contributed by atoms with van der Waals surface area (Å²) in [5.74, 6) is 0.150. The molecule has 1 atom stereocenters. The summed E-state index contributed by atoms with van der Waals surface area (Å²) < 4.78 is 28.2. The molecule has 1 fully saturated rings. The maximum atomic E-state index is 12.0. The molecule has 110 valence electrons. The molecule has 1 heterocycles. The van der Waals surface area contributed by atoms with Crippen molar-refractivity contribution in [1.29, 1.82) is 0 Å². The SMILES string of the molecule is O=C(CCc1ccc(OC(F)F)cc1)NC1CCNC1. The number of carbonyl (C=O) groups is 1. The van der Waals surface area contributed by atoms with Crippen LogP contribution in [0.1, 0.15) is 18.4 Å². The fraction of sp³-hybridized carbons (Fsp3) is 0.500. The third-order valence-corrected chi connectivity index (χ3v) is 3.21. The maximum Gasteiger partial charge on any atom is 0.387 e. The molecule has 1 unspecified atom stereocenters. The average molecular weight is 284 g/mol. The molecule has 4 nitrogen and oxygen atoms in total. The van der Waals surface area contributed by atoms with Gasteiger partial charge in [0, 0.05) is 19.0 Å². The van der Waals surface area contributed by atoms with E-state index in [1.807, 2.05) is 0 Å². The minimum atomic E-state index is -2.81. The fourth-order valence-corrected chi connectivity index (χ4v) is 2.17. The molecule has 0 spiro atoms. The first kappa shape index (κ1) is 14.7. The van der Waals surface area contributed by atoms with Crippen LogP contribution in [0.2, 0.25) is 0 Å². The van der Waals surface area contributed by atoms with E-state index >= 15 is 0 Å². The lowest BCUT2D eigenvalue weighted by atomic mass is 10.1. The van der Waals surface area contributed by atoms with E-state index in [0.29, 0.717) is 12.8 Å². The highest BCUT2D eigenvalue weighted by atomic mass is 19.3. The Balaban J connectivity index is 1.74. The standard InChI is InChI=1S/C14H18F2N2O2/c15-14(16)20-12-4-1-10(2-5-12)3-6-13(19)18-11-7-8-17-9-11/h1-2,4-5,11,14,17H,3,6-9H2,(H,18,19). The van der Waals surface area contributed by atoms with Crippen molar-refractivity contribution in [1.82, 2.24) is 10.6 Å². The molecule has 2 rings (SSSR count). The number of amides is 1. The second-order valence-corrected chi connectivity index (χ2v) is 4.78. The molecule has 1 aliphatic rings. The number of carbonyl (C=O) groups excluding carboxylic acids is 1. The molecule has 1 aromatic rings. The second-order valence-electron chi connectivity index (χ2n) is 4.78. The highest BCUT2D eigenvalue weighted by Gasteiger charge is 2.16. The number of benzene rings is 1. The Morgan fingerprint density at radius 2 is 2.15 bits per heavy atom. The summed E-state index contributed by atoms with van der Waals surface area (Å²) in [5.41, 5.74) is 0.923. The zero-order chi connectivity index (χ0) is 14.4. The van der Waals surface area contributed by atoms with E-state index in [-0.39, 0.29) is 17.7 Å². The van der Waals surface area contributed by atoms with E-state index in [4.69, 9.17) is 0 Å². The highest BCUT2D eigenvalue weighted by molar-refractivity contribution is 5.76. The third-order valence-electron chi connectivity index (χ3n) is 3.21. The van der Waals surface area contributed by atoms with Crippen LogP contribution in [-0.4, -0.2) is 31.7 Å². The summed E-state index contributed by atoms with van der Waals surface area (Å²) in [7, 11) is 0. The molecule has 0 radical (unpaired) electrons. The largest absolute Gasteiger partial charge is 0.435 e. The molecule has 1 aromatic carbocycles. The predicted octanol–water partition coefficient (Wildman–Crippen LogP) is 1.70. The van der Waals surface area contributed by atoms with E-state index in [2.05, 4.69) is 15.4 Å². The smallest absolute Gasteiger partial charge is 0.387 e. The Labute approximate surface area is 116 Å². The number of hydrogen-bond donors (Lipinski definition) is 2. The molecule has 1 amide bonds. The van der Waals surface area contributed by atoms with Crippen molar-refractivity contribution in [3.05, 3.63) is 29.8 Å². The van der Waals surface area contributed by atoms with Crippen LogP contribution in [-0.2, 0) is 11.2 Å². The number of halogens is 2. The van der Waals surface area contributed by atoms with Gasteiger partial charge in [0.15, 0.2) is 0 Å². The number of ether oxygens (including phenoxy) is 1. The second kappa shape index (κ2) is 7.19. The van der Waals surface area contributed by atoms with Crippen molar-refractivity contribution >= 4 is 5.91 Å². The minimum Gasteiger partial charge on any atom is -0.435 e. The fourth-order valence-electron chi connectivity index (χ4n) is 2.17. The summed E-state index contributed by atoms with van der Waals surface area (Å²) in [6.45, 7) is -1.05. The first-order valence-electron chi connectivity index (χ1n) is 6.67. The summed E-state index contributed by atoms with van der Waals surface area (Å²) in [6.07, 6.45) is 1.94. The van der Waals surface area contributed by atoms with Gasteiger partial charge in [-0.05, 0) is 37.1 Å². The molecular formula is C14H18F2N2O2. The molecule has 6 heteroatoms. The molecular weight excluding hydrogens is 266 g/mol. The lowest BCUT2D eigenvalue weighted by Gasteiger charge is -2.11. The predicted molar refractivity (Wildman–Crippen MR) is 70.8 cm³/mol. The van der Waals surface area contributed by atoms with Gasteiger partial charge < -0.3 is 15.4 Å². The van der Waals surface area contributed by atoms with Crippen LogP contribution in [0.4, 0.5) is 8.78 Å². The van der Waals surface area contributed by atoms with Crippen LogP contribution in [0.5, 0.6) is 5.75 Å². The zero-order valence-corrected chi connectivity index (χ0v) is 11.1. The topological polar surface area (TPSA) is 50.4 Å². The number of nitrogens with one attached hydrogen (secondary N) is 2. The number of aryl methyl sites for hydroxylation is 1. The first-order valence-corrected chi connectivity index (χ1v) is 6.67. The van der Waals surface area contributed by atoms with Crippen LogP contribution in [0, 0.1) is 0 Å². The average Bonchev–Trinajstić information content (AvgIpc) is 2.90.